The smallest absolute Gasteiger partial charge is 0.0412 e. The van der Waals surface area contributed by atoms with Crippen molar-refractivity contribution in [3.8, 4) is 0 Å². The lowest BCUT2D eigenvalue weighted by Crippen LogP contribution is -2.18. The molecule has 0 aliphatic heterocycles. The van der Waals surface area contributed by atoms with E-state index in [4.69, 9.17) is 11.5 Å². The molecule has 0 saturated carbocycles. The standard InChI is InChI=1S/C16H21N3/c1-2-3-12-19(15-8-4-13(17)5-9-15)16-10-6-14(18)7-11-16/h4-11H,2-3,12,17-18H2,1H3. The molecule has 2 aromatic carbocycles. The van der Waals surface area contributed by atoms with Gasteiger partial charge in [-0.15, -0.1) is 0 Å². The summed E-state index contributed by atoms with van der Waals surface area (Å²) in [7, 11) is 0. The molecule has 2 aromatic rings. The molecule has 3 nitrogen and oxygen atoms in total. The SMILES string of the molecule is CCCCN(c1ccc(N)cc1)c1ccc(N)cc1. The highest BCUT2D eigenvalue weighted by Crippen LogP contribution is 2.27. The number of nitrogen functional groups attached to an aromatic ring is 2. The monoisotopic (exact) mass is 255 g/mol. The van der Waals surface area contributed by atoms with E-state index in [0.29, 0.717) is 0 Å². The molecule has 100 valence electrons. The predicted octanol–water partition coefficient (Wildman–Crippen LogP) is 3.79. The van der Waals surface area contributed by atoms with Crippen LogP contribution in [0.4, 0.5) is 22.7 Å². The van der Waals surface area contributed by atoms with E-state index in [-0.39, 0.29) is 0 Å². The molecular weight excluding hydrogens is 234 g/mol. The molecule has 0 heterocycles. The van der Waals surface area contributed by atoms with Crippen molar-refractivity contribution < 1.29 is 0 Å². The Hall–Kier alpha value is -2.16. The molecule has 0 fully saturated rings. The van der Waals surface area contributed by atoms with Crippen molar-refractivity contribution in [3.63, 3.8) is 0 Å². The van der Waals surface area contributed by atoms with Crippen LogP contribution in [0.25, 0.3) is 0 Å². The summed E-state index contributed by atoms with van der Waals surface area (Å²) in [5, 5.41) is 0. The first kappa shape index (κ1) is 13.3. The average molecular weight is 255 g/mol. The zero-order valence-electron chi connectivity index (χ0n) is 11.3. The summed E-state index contributed by atoms with van der Waals surface area (Å²) in [6.07, 6.45) is 2.31. The number of unbranched alkanes of at least 4 members (excludes halogenated alkanes) is 1. The van der Waals surface area contributed by atoms with Crippen molar-refractivity contribution in [2.75, 3.05) is 22.9 Å². The van der Waals surface area contributed by atoms with Gasteiger partial charge in [0.25, 0.3) is 0 Å². The van der Waals surface area contributed by atoms with Crippen LogP contribution in [0.2, 0.25) is 0 Å². The number of hydrogen-bond acceptors (Lipinski definition) is 3. The highest BCUT2D eigenvalue weighted by molar-refractivity contribution is 5.66. The Morgan fingerprint density at radius 3 is 1.58 bits per heavy atom. The summed E-state index contributed by atoms with van der Waals surface area (Å²) >= 11 is 0. The molecule has 4 N–H and O–H groups in total. The number of anilines is 4. The molecule has 0 amide bonds. The van der Waals surface area contributed by atoms with Crippen molar-refractivity contribution in [1.82, 2.24) is 0 Å². The van der Waals surface area contributed by atoms with Gasteiger partial charge in [-0.3, -0.25) is 0 Å². The first-order valence-corrected chi connectivity index (χ1v) is 6.69. The van der Waals surface area contributed by atoms with Gasteiger partial charge in [-0.2, -0.15) is 0 Å². The first-order valence-electron chi connectivity index (χ1n) is 6.69. The summed E-state index contributed by atoms with van der Waals surface area (Å²) in [4.78, 5) is 2.29. The zero-order valence-corrected chi connectivity index (χ0v) is 11.3. The second-order valence-corrected chi connectivity index (χ2v) is 4.69. The number of nitrogens with two attached hydrogens (primary N) is 2. The third-order valence-corrected chi connectivity index (χ3v) is 3.14. The number of hydrogen-bond donors (Lipinski definition) is 2. The Labute approximate surface area is 114 Å². The van der Waals surface area contributed by atoms with E-state index in [9.17, 15) is 0 Å². The van der Waals surface area contributed by atoms with Crippen LogP contribution in [0.1, 0.15) is 19.8 Å². The van der Waals surface area contributed by atoms with Crippen molar-refractivity contribution in [3.05, 3.63) is 48.5 Å². The van der Waals surface area contributed by atoms with E-state index < -0.39 is 0 Å². The molecule has 19 heavy (non-hydrogen) atoms. The largest absolute Gasteiger partial charge is 0.399 e. The van der Waals surface area contributed by atoms with E-state index in [2.05, 4.69) is 36.1 Å². The van der Waals surface area contributed by atoms with Crippen LogP contribution < -0.4 is 16.4 Å². The minimum atomic E-state index is 0.788. The Morgan fingerprint density at radius 2 is 1.21 bits per heavy atom. The van der Waals surface area contributed by atoms with Gasteiger partial charge in [0, 0.05) is 29.3 Å². The van der Waals surface area contributed by atoms with Crippen LogP contribution in [0, 0.1) is 0 Å². The molecule has 0 aromatic heterocycles. The van der Waals surface area contributed by atoms with Crippen molar-refractivity contribution in [1.29, 1.82) is 0 Å². The number of nitrogens with zero attached hydrogens (tertiary/aromatic N) is 1. The topological polar surface area (TPSA) is 55.3 Å². The molecule has 0 unspecified atom stereocenters. The zero-order chi connectivity index (χ0) is 13.7. The fraction of sp³-hybridized carbons (Fsp3) is 0.250. The fourth-order valence-electron chi connectivity index (χ4n) is 2.03. The summed E-state index contributed by atoms with van der Waals surface area (Å²) in [6.45, 7) is 3.19. The number of rotatable bonds is 5. The lowest BCUT2D eigenvalue weighted by atomic mass is 10.2. The van der Waals surface area contributed by atoms with E-state index in [1.54, 1.807) is 0 Å². The molecule has 0 aliphatic rings. The Bertz CT molecular complexity index is 457. The Balaban J connectivity index is 2.29. The second kappa shape index (κ2) is 6.14. The van der Waals surface area contributed by atoms with E-state index in [0.717, 1.165) is 35.7 Å². The maximum absolute atomic E-state index is 5.75. The van der Waals surface area contributed by atoms with Gasteiger partial charge in [0.2, 0.25) is 0 Å². The maximum atomic E-state index is 5.75. The quantitative estimate of drug-likeness (QED) is 0.799. The molecule has 2 rings (SSSR count). The van der Waals surface area contributed by atoms with Crippen LogP contribution in [0.5, 0.6) is 0 Å². The van der Waals surface area contributed by atoms with Gasteiger partial charge < -0.3 is 16.4 Å². The molecule has 0 bridgehead atoms. The first-order chi connectivity index (χ1) is 9.20. The average Bonchev–Trinajstić information content (AvgIpc) is 2.43. The summed E-state index contributed by atoms with van der Waals surface area (Å²) in [6, 6.07) is 16.0. The van der Waals surface area contributed by atoms with Crippen molar-refractivity contribution in [2.45, 2.75) is 19.8 Å². The maximum Gasteiger partial charge on any atom is 0.0412 e. The summed E-state index contributed by atoms with van der Waals surface area (Å²) in [5.74, 6) is 0. The van der Waals surface area contributed by atoms with Crippen molar-refractivity contribution >= 4 is 22.7 Å². The molecule has 0 radical (unpaired) electrons. The highest BCUT2D eigenvalue weighted by atomic mass is 15.1. The summed E-state index contributed by atoms with van der Waals surface area (Å²) in [5.41, 5.74) is 15.4. The number of benzene rings is 2. The lowest BCUT2D eigenvalue weighted by Gasteiger charge is -2.25. The van der Waals surface area contributed by atoms with E-state index >= 15 is 0 Å². The molecular formula is C16H21N3. The van der Waals surface area contributed by atoms with Gasteiger partial charge in [-0.25, -0.2) is 0 Å². The van der Waals surface area contributed by atoms with Gasteiger partial charge in [-0.05, 0) is 55.0 Å². The summed E-state index contributed by atoms with van der Waals surface area (Å²) < 4.78 is 0. The van der Waals surface area contributed by atoms with E-state index in [1.165, 1.54) is 6.42 Å². The van der Waals surface area contributed by atoms with Crippen LogP contribution in [-0.4, -0.2) is 6.54 Å². The lowest BCUT2D eigenvalue weighted by molar-refractivity contribution is 0.786. The van der Waals surface area contributed by atoms with Crippen molar-refractivity contribution in [2.24, 2.45) is 0 Å². The minimum Gasteiger partial charge on any atom is -0.399 e. The van der Waals surface area contributed by atoms with E-state index in [1.807, 2.05) is 24.3 Å². The van der Waals surface area contributed by atoms with Crippen LogP contribution in [0.15, 0.2) is 48.5 Å². The molecule has 0 atom stereocenters. The molecule has 3 heteroatoms. The molecule has 0 aliphatic carbocycles. The molecule has 0 saturated heterocycles. The Morgan fingerprint density at radius 1 is 0.789 bits per heavy atom. The van der Waals surface area contributed by atoms with Gasteiger partial charge >= 0.3 is 0 Å². The predicted molar refractivity (Wildman–Crippen MR) is 83.6 cm³/mol. The van der Waals surface area contributed by atoms with Gasteiger partial charge in [0.05, 0.1) is 0 Å². The normalized spacial score (nSPS) is 10.4. The highest BCUT2D eigenvalue weighted by Gasteiger charge is 2.08. The van der Waals surface area contributed by atoms with Gasteiger partial charge in [0.15, 0.2) is 0 Å². The van der Waals surface area contributed by atoms with Crippen LogP contribution in [0.3, 0.4) is 0 Å². The second-order valence-electron chi connectivity index (χ2n) is 4.69. The third kappa shape index (κ3) is 3.41. The van der Waals surface area contributed by atoms with Gasteiger partial charge in [-0.1, -0.05) is 13.3 Å². The van der Waals surface area contributed by atoms with Crippen LogP contribution >= 0.6 is 0 Å². The third-order valence-electron chi connectivity index (χ3n) is 3.14. The molecule has 0 spiro atoms. The fourth-order valence-corrected chi connectivity index (χ4v) is 2.03. The Kier molecular flexibility index (Phi) is 4.29. The van der Waals surface area contributed by atoms with Crippen LogP contribution in [-0.2, 0) is 0 Å². The minimum absolute atomic E-state index is 0.788. The van der Waals surface area contributed by atoms with Gasteiger partial charge in [0.1, 0.15) is 0 Å².